The highest BCUT2D eigenvalue weighted by Crippen LogP contribution is 2.60. The van der Waals surface area contributed by atoms with Crippen molar-refractivity contribution in [2.75, 3.05) is 9.80 Å². The van der Waals surface area contributed by atoms with Crippen LogP contribution >= 0.6 is 0 Å². The van der Waals surface area contributed by atoms with E-state index >= 15 is 0 Å². The molecule has 4 heteroatoms. The van der Waals surface area contributed by atoms with Crippen molar-refractivity contribution < 1.29 is 9.47 Å². The van der Waals surface area contributed by atoms with E-state index in [2.05, 4.69) is 375 Å². The predicted octanol–water partition coefficient (Wildman–Crippen LogP) is 27.2. The van der Waals surface area contributed by atoms with Gasteiger partial charge < -0.3 is 19.3 Å². The van der Waals surface area contributed by atoms with Crippen LogP contribution in [0.2, 0.25) is 0 Å². The van der Waals surface area contributed by atoms with Gasteiger partial charge in [-0.1, -0.05) is 304 Å². The van der Waals surface area contributed by atoms with Crippen LogP contribution in [-0.4, -0.2) is 0 Å². The first-order valence-electron chi connectivity index (χ1n) is 36.1. The molecule has 18 rings (SSSR count). The van der Waals surface area contributed by atoms with Gasteiger partial charge in [-0.15, -0.1) is 0 Å². The van der Waals surface area contributed by atoms with E-state index in [1.54, 1.807) is 0 Å². The van der Waals surface area contributed by atoms with E-state index in [0.29, 0.717) is 0 Å². The summed E-state index contributed by atoms with van der Waals surface area (Å²) < 4.78 is 13.0. The molecule has 16 aromatic carbocycles. The van der Waals surface area contributed by atoms with Crippen LogP contribution < -0.4 is 19.3 Å². The Balaban J connectivity index is 0.728. The van der Waals surface area contributed by atoms with Crippen molar-refractivity contribution in [1.29, 1.82) is 0 Å². The fourth-order valence-corrected chi connectivity index (χ4v) is 16.3. The van der Waals surface area contributed by atoms with Gasteiger partial charge >= 0.3 is 0 Å². The number of fused-ring (bicyclic) bond motifs is 6. The molecule has 502 valence electrons. The summed E-state index contributed by atoms with van der Waals surface area (Å²) in [6, 6.07) is 145. The van der Waals surface area contributed by atoms with E-state index in [-0.39, 0.29) is 0 Å². The second-order valence-electron chi connectivity index (χ2n) is 27.2. The van der Waals surface area contributed by atoms with E-state index in [4.69, 9.17) is 9.47 Å². The highest BCUT2D eigenvalue weighted by molar-refractivity contribution is 5.93. The van der Waals surface area contributed by atoms with Gasteiger partial charge in [0.25, 0.3) is 0 Å². The summed E-state index contributed by atoms with van der Waals surface area (Å²) in [6.07, 6.45) is 3.69. The third-order valence-corrected chi connectivity index (χ3v) is 21.3. The van der Waals surface area contributed by atoms with Crippen LogP contribution in [0.1, 0.15) is 55.6 Å². The van der Waals surface area contributed by atoms with Crippen molar-refractivity contribution >= 4 is 46.3 Å². The maximum absolute atomic E-state index is 6.48. The van der Waals surface area contributed by atoms with Gasteiger partial charge in [0.2, 0.25) is 0 Å². The summed E-state index contributed by atoms with van der Waals surface area (Å²) in [4.78, 5) is 4.82. The molecular formula is C102H72N2O2. The molecule has 1 unspecified atom stereocenters. The molecule has 0 aliphatic heterocycles. The Kier molecular flexibility index (Phi) is 16.7. The van der Waals surface area contributed by atoms with E-state index in [0.717, 1.165) is 102 Å². The molecule has 4 nitrogen and oxygen atoms in total. The molecule has 0 N–H and O–H groups in total. The standard InChI is InChI=1S/C102H72N2O2/c1-3-71-33-59-89(60-34-71)105-91-63-45-81(46-64-91)101(79-25-13-7-14-26-79)97-31-19-17-29-93(97)95-67-57-87(69-99(95)101)103(83-49-37-75(38-50-83)73-21-9-5-10-22-73)85-53-41-77(42-54-85)78-43-55-86(56-44-78)104(84-51-39-76(40-52-84)74-23-11-6-12-24-74)88-58-68-96-94-30-18-20-32-98(94)102(100(96)70-88,80-27-15-8-16-28-80)82-47-65-92(66-48-82)106-90-61-35-72(4-2)36-62-90/h3-70H,1-2H2/t101-,102?/m0/s1. The first-order valence-corrected chi connectivity index (χ1v) is 36.1. The topological polar surface area (TPSA) is 24.9 Å². The zero-order valence-electron chi connectivity index (χ0n) is 58.4. The van der Waals surface area contributed by atoms with Gasteiger partial charge in [-0.05, 0) is 233 Å². The Morgan fingerprint density at radius 2 is 0.453 bits per heavy atom. The number of rotatable bonds is 19. The maximum atomic E-state index is 6.48. The number of nitrogens with zero attached hydrogens (tertiary/aromatic N) is 2. The molecule has 0 spiro atoms. The Morgan fingerprint density at radius 1 is 0.208 bits per heavy atom. The van der Waals surface area contributed by atoms with Gasteiger partial charge in [-0.2, -0.15) is 0 Å². The Bertz CT molecular complexity index is 5480. The van der Waals surface area contributed by atoms with Crippen LogP contribution in [0.4, 0.5) is 34.1 Å². The minimum atomic E-state index is -0.671. The molecule has 0 fully saturated rings. The van der Waals surface area contributed by atoms with Gasteiger partial charge in [0.1, 0.15) is 23.0 Å². The average Bonchev–Trinajstić information content (AvgIpc) is 1.57. The zero-order valence-corrected chi connectivity index (χ0v) is 58.4. The third-order valence-electron chi connectivity index (χ3n) is 21.3. The monoisotopic (exact) mass is 1360 g/mol. The van der Waals surface area contributed by atoms with Crippen LogP contribution in [0.3, 0.4) is 0 Å². The normalized spacial score (nSPS) is 14.4. The molecule has 0 amide bonds. The zero-order chi connectivity index (χ0) is 71.0. The van der Waals surface area contributed by atoms with Crippen LogP contribution in [0.5, 0.6) is 23.0 Å². The molecule has 2 atom stereocenters. The van der Waals surface area contributed by atoms with E-state index in [1.165, 1.54) is 66.8 Å². The van der Waals surface area contributed by atoms with E-state index < -0.39 is 10.8 Å². The molecule has 2 aliphatic carbocycles. The highest BCUT2D eigenvalue weighted by atomic mass is 16.5. The molecule has 0 heterocycles. The molecule has 2 aliphatic rings. The molecule has 0 bridgehead atoms. The Morgan fingerprint density at radius 3 is 0.764 bits per heavy atom. The second kappa shape index (κ2) is 27.5. The maximum Gasteiger partial charge on any atom is 0.127 e. The molecule has 16 aromatic rings. The molecule has 0 radical (unpaired) electrons. The molecule has 0 saturated carbocycles. The van der Waals surface area contributed by atoms with Gasteiger partial charge in [0.05, 0.1) is 10.8 Å². The smallest absolute Gasteiger partial charge is 0.127 e. The molecule has 0 aromatic heterocycles. The lowest BCUT2D eigenvalue weighted by molar-refractivity contribution is 0.482. The lowest BCUT2D eigenvalue weighted by Crippen LogP contribution is -2.28. The number of anilines is 6. The van der Waals surface area contributed by atoms with Crippen molar-refractivity contribution in [2.24, 2.45) is 0 Å². The van der Waals surface area contributed by atoms with Crippen molar-refractivity contribution in [2.45, 2.75) is 10.8 Å². The summed E-state index contributed by atoms with van der Waals surface area (Å²) in [7, 11) is 0. The quantitative estimate of drug-likeness (QED) is 0.0806. The van der Waals surface area contributed by atoms with E-state index in [9.17, 15) is 0 Å². The summed E-state index contributed by atoms with van der Waals surface area (Å²) in [5.41, 5.74) is 28.2. The van der Waals surface area contributed by atoms with Gasteiger partial charge in [-0.3, -0.25) is 0 Å². The largest absolute Gasteiger partial charge is 0.457 e. The van der Waals surface area contributed by atoms with Gasteiger partial charge in [-0.25, -0.2) is 0 Å². The lowest BCUT2D eigenvalue weighted by Gasteiger charge is -2.35. The summed E-state index contributed by atoms with van der Waals surface area (Å²) in [5.74, 6) is 3.07. The van der Waals surface area contributed by atoms with Crippen LogP contribution in [0.15, 0.2) is 414 Å². The summed E-state index contributed by atoms with van der Waals surface area (Å²) in [6.45, 7) is 7.88. The average molecular weight is 1360 g/mol. The van der Waals surface area contributed by atoms with Crippen LogP contribution in [-0.2, 0) is 10.8 Å². The highest BCUT2D eigenvalue weighted by Gasteiger charge is 2.48. The number of hydrogen-bond donors (Lipinski definition) is 0. The molecule has 0 saturated heterocycles. The molecular weight excluding hydrogens is 1290 g/mol. The Hall–Kier alpha value is -13.8. The summed E-state index contributed by atoms with van der Waals surface area (Å²) >= 11 is 0. The van der Waals surface area contributed by atoms with Crippen LogP contribution in [0.25, 0.3) is 67.8 Å². The minimum absolute atomic E-state index is 0.671. The lowest BCUT2D eigenvalue weighted by atomic mass is 9.67. The number of benzene rings is 16. The predicted molar refractivity (Wildman–Crippen MR) is 440 cm³/mol. The summed E-state index contributed by atoms with van der Waals surface area (Å²) in [5, 5.41) is 0. The van der Waals surface area contributed by atoms with Crippen molar-refractivity contribution in [1.82, 2.24) is 0 Å². The van der Waals surface area contributed by atoms with E-state index in [1.807, 2.05) is 60.7 Å². The van der Waals surface area contributed by atoms with Crippen LogP contribution in [0, 0.1) is 0 Å². The third kappa shape index (κ3) is 11.5. The van der Waals surface area contributed by atoms with Gasteiger partial charge in [0.15, 0.2) is 0 Å². The fourth-order valence-electron chi connectivity index (χ4n) is 16.3. The Labute approximate surface area is 620 Å². The van der Waals surface area contributed by atoms with Crippen molar-refractivity contribution in [3.05, 3.63) is 469 Å². The first kappa shape index (κ1) is 64.3. The molecule has 106 heavy (non-hydrogen) atoms. The van der Waals surface area contributed by atoms with Crippen molar-refractivity contribution in [3.63, 3.8) is 0 Å². The van der Waals surface area contributed by atoms with Gasteiger partial charge in [0, 0.05) is 34.1 Å². The SMILES string of the molecule is C=Cc1ccc(Oc2ccc(C3(c4ccccc4)c4ccccc4-c4ccc(N(c5ccc(-c6ccccc6)cc5)c5ccc(-c6ccc(N(c7ccc(-c8ccccc8)cc7)c7ccc8c(c7)[C@@](c7ccccc7)(c7ccc(Oc9ccc(C=C)cc9)cc7)c7ccccc7-8)cc6)cc5)cc43)cc2)cc1. The number of hydrogen-bond acceptors (Lipinski definition) is 4. The number of ether oxygens (including phenoxy) is 2. The second-order valence-corrected chi connectivity index (χ2v) is 27.2. The minimum Gasteiger partial charge on any atom is -0.457 e. The fraction of sp³-hybridized carbons (Fsp3) is 0.0196. The first-order chi connectivity index (χ1) is 52.4. The van der Waals surface area contributed by atoms with Crippen molar-refractivity contribution in [3.8, 4) is 78.6 Å².